The second-order valence-corrected chi connectivity index (χ2v) is 4.68. The van der Waals surface area contributed by atoms with Gasteiger partial charge in [-0.1, -0.05) is 6.42 Å². The zero-order chi connectivity index (χ0) is 12.4. The number of carbonyl (C=O) groups is 1. The molecule has 1 fully saturated rings. The number of benzene rings is 1. The molecule has 0 spiro atoms. The first-order valence-corrected chi connectivity index (χ1v) is 5.91. The molecule has 1 aliphatic rings. The summed E-state index contributed by atoms with van der Waals surface area (Å²) in [5, 5.41) is 2.81. The van der Waals surface area contributed by atoms with Crippen molar-refractivity contribution < 1.29 is 9.18 Å². The van der Waals surface area contributed by atoms with Gasteiger partial charge in [0.2, 0.25) is 0 Å². The molecule has 0 radical (unpaired) electrons. The number of amides is 1. The molecule has 3 nitrogen and oxygen atoms in total. The van der Waals surface area contributed by atoms with Crippen molar-refractivity contribution in [1.82, 2.24) is 5.32 Å². The van der Waals surface area contributed by atoms with Gasteiger partial charge in [0.05, 0.1) is 0 Å². The maximum Gasteiger partial charge on any atom is 0.251 e. The molecule has 0 aliphatic heterocycles. The maximum absolute atomic E-state index is 13.4. The predicted molar refractivity (Wildman–Crippen MR) is 65.2 cm³/mol. The third-order valence-electron chi connectivity index (χ3n) is 3.42. The van der Waals surface area contributed by atoms with E-state index >= 15 is 0 Å². The van der Waals surface area contributed by atoms with Crippen LogP contribution < -0.4 is 11.1 Å². The zero-order valence-electron chi connectivity index (χ0n) is 9.92. The number of halogens is 1. The van der Waals surface area contributed by atoms with Crippen LogP contribution in [-0.4, -0.2) is 12.5 Å². The first-order valence-electron chi connectivity index (χ1n) is 5.91. The number of nitrogens with one attached hydrogen (secondary N) is 1. The predicted octanol–water partition coefficient (Wildman–Crippen LogP) is 2.25. The number of carbonyl (C=O) groups excluding carboxylic acids is 1. The fraction of sp³-hybridized carbons (Fsp3) is 0.462. The largest absolute Gasteiger partial charge is 0.398 e. The highest BCUT2D eigenvalue weighted by Crippen LogP contribution is 2.25. The summed E-state index contributed by atoms with van der Waals surface area (Å²) in [5.74, 6) is -0.0899. The fourth-order valence-corrected chi connectivity index (χ4v) is 1.87. The van der Waals surface area contributed by atoms with Crippen LogP contribution in [0.1, 0.15) is 35.2 Å². The monoisotopic (exact) mass is 236 g/mol. The molecule has 1 aromatic carbocycles. The molecule has 1 saturated carbocycles. The van der Waals surface area contributed by atoms with Crippen molar-refractivity contribution >= 4 is 11.6 Å². The Kier molecular flexibility index (Phi) is 3.31. The minimum absolute atomic E-state index is 0.248. The van der Waals surface area contributed by atoms with Crippen LogP contribution in [0.3, 0.4) is 0 Å². The summed E-state index contributed by atoms with van der Waals surface area (Å²) >= 11 is 0. The van der Waals surface area contributed by atoms with E-state index in [9.17, 15) is 9.18 Å². The van der Waals surface area contributed by atoms with Crippen LogP contribution in [0, 0.1) is 18.7 Å². The van der Waals surface area contributed by atoms with Crippen molar-refractivity contribution in [3.05, 3.63) is 29.1 Å². The van der Waals surface area contributed by atoms with E-state index in [2.05, 4.69) is 5.32 Å². The van der Waals surface area contributed by atoms with E-state index in [1.165, 1.54) is 31.4 Å². The molecule has 17 heavy (non-hydrogen) atoms. The van der Waals surface area contributed by atoms with E-state index in [0.29, 0.717) is 29.3 Å². The Morgan fingerprint density at radius 1 is 1.53 bits per heavy atom. The fourth-order valence-electron chi connectivity index (χ4n) is 1.87. The van der Waals surface area contributed by atoms with Crippen LogP contribution in [-0.2, 0) is 0 Å². The SMILES string of the molecule is Cc1c(N)cc(C(=O)NCC2CCC2)cc1F. The lowest BCUT2D eigenvalue weighted by Gasteiger charge is -2.25. The van der Waals surface area contributed by atoms with E-state index in [1.54, 1.807) is 6.92 Å². The van der Waals surface area contributed by atoms with Crippen molar-refractivity contribution in [1.29, 1.82) is 0 Å². The number of hydrogen-bond acceptors (Lipinski definition) is 2. The standard InChI is InChI=1S/C13H17FN2O/c1-8-11(14)5-10(6-12(8)15)13(17)16-7-9-3-2-4-9/h5-6,9H,2-4,7,15H2,1H3,(H,16,17). The van der Waals surface area contributed by atoms with Crippen LogP contribution in [0.25, 0.3) is 0 Å². The number of hydrogen-bond donors (Lipinski definition) is 2. The average Bonchev–Trinajstić information content (AvgIpc) is 2.22. The minimum atomic E-state index is -0.432. The van der Waals surface area contributed by atoms with E-state index in [4.69, 9.17) is 5.73 Å². The van der Waals surface area contributed by atoms with Crippen LogP contribution in [0.2, 0.25) is 0 Å². The Bertz CT molecular complexity index is 418. The van der Waals surface area contributed by atoms with Crippen LogP contribution in [0.5, 0.6) is 0 Å². The van der Waals surface area contributed by atoms with Crippen molar-refractivity contribution in [2.24, 2.45) is 5.92 Å². The molecule has 0 unspecified atom stereocenters. The van der Waals surface area contributed by atoms with Crippen molar-refractivity contribution in [2.45, 2.75) is 26.2 Å². The van der Waals surface area contributed by atoms with Gasteiger partial charge in [0.15, 0.2) is 0 Å². The van der Waals surface area contributed by atoms with Gasteiger partial charge in [0, 0.05) is 23.4 Å². The maximum atomic E-state index is 13.4. The Hall–Kier alpha value is -1.58. The minimum Gasteiger partial charge on any atom is -0.398 e. The average molecular weight is 236 g/mol. The molecule has 0 atom stereocenters. The molecule has 0 saturated heterocycles. The smallest absolute Gasteiger partial charge is 0.251 e. The van der Waals surface area contributed by atoms with E-state index < -0.39 is 5.82 Å². The first-order chi connectivity index (χ1) is 8.08. The lowest BCUT2D eigenvalue weighted by molar-refractivity contribution is 0.0938. The molecule has 4 heteroatoms. The highest BCUT2D eigenvalue weighted by atomic mass is 19.1. The van der Waals surface area contributed by atoms with Gasteiger partial charge in [-0.25, -0.2) is 4.39 Å². The van der Waals surface area contributed by atoms with Gasteiger partial charge in [-0.3, -0.25) is 4.79 Å². The third-order valence-corrected chi connectivity index (χ3v) is 3.42. The summed E-state index contributed by atoms with van der Waals surface area (Å²) in [6.07, 6.45) is 3.59. The number of nitrogens with two attached hydrogens (primary N) is 1. The van der Waals surface area contributed by atoms with Gasteiger partial charge >= 0.3 is 0 Å². The molecule has 0 aromatic heterocycles. The summed E-state index contributed by atoms with van der Waals surface area (Å²) in [5.41, 5.74) is 6.64. The van der Waals surface area contributed by atoms with Crippen molar-refractivity contribution in [2.75, 3.05) is 12.3 Å². The molecular weight excluding hydrogens is 219 g/mol. The summed E-state index contributed by atoms with van der Waals surface area (Å²) in [7, 11) is 0. The van der Waals surface area contributed by atoms with Gasteiger partial charge in [0.1, 0.15) is 5.82 Å². The van der Waals surface area contributed by atoms with Gasteiger partial charge in [-0.2, -0.15) is 0 Å². The molecule has 0 heterocycles. The number of nitrogen functional groups attached to an aromatic ring is 1. The number of anilines is 1. The van der Waals surface area contributed by atoms with Crippen LogP contribution >= 0.6 is 0 Å². The Morgan fingerprint density at radius 3 is 2.76 bits per heavy atom. The molecular formula is C13H17FN2O. The molecule has 3 N–H and O–H groups in total. The molecule has 1 aliphatic carbocycles. The summed E-state index contributed by atoms with van der Waals surface area (Å²) < 4.78 is 13.4. The van der Waals surface area contributed by atoms with Crippen molar-refractivity contribution in [3.8, 4) is 0 Å². The third kappa shape index (κ3) is 2.57. The van der Waals surface area contributed by atoms with Gasteiger partial charge in [0.25, 0.3) is 5.91 Å². The molecule has 2 rings (SSSR count). The van der Waals surface area contributed by atoms with Gasteiger partial charge < -0.3 is 11.1 Å². The Balaban J connectivity index is 2.02. The highest BCUT2D eigenvalue weighted by Gasteiger charge is 2.18. The first kappa shape index (κ1) is 11.9. The van der Waals surface area contributed by atoms with E-state index in [1.807, 2.05) is 0 Å². The zero-order valence-corrected chi connectivity index (χ0v) is 9.92. The molecule has 1 aromatic rings. The number of rotatable bonds is 3. The molecule has 92 valence electrons. The second-order valence-electron chi connectivity index (χ2n) is 4.68. The quantitative estimate of drug-likeness (QED) is 0.791. The molecule has 0 bridgehead atoms. The van der Waals surface area contributed by atoms with Crippen LogP contribution in [0.4, 0.5) is 10.1 Å². The Morgan fingerprint density at radius 2 is 2.24 bits per heavy atom. The summed E-state index contributed by atoms with van der Waals surface area (Å²) in [6.45, 7) is 2.27. The van der Waals surface area contributed by atoms with E-state index in [-0.39, 0.29) is 5.91 Å². The van der Waals surface area contributed by atoms with Gasteiger partial charge in [-0.15, -0.1) is 0 Å². The van der Waals surface area contributed by atoms with E-state index in [0.717, 1.165) is 0 Å². The Labute approximate surface area is 100 Å². The summed E-state index contributed by atoms with van der Waals surface area (Å²) in [4.78, 5) is 11.8. The summed E-state index contributed by atoms with van der Waals surface area (Å²) in [6, 6.07) is 2.76. The second kappa shape index (κ2) is 4.73. The lowest BCUT2D eigenvalue weighted by Crippen LogP contribution is -2.32. The van der Waals surface area contributed by atoms with Crippen molar-refractivity contribution in [3.63, 3.8) is 0 Å². The lowest BCUT2D eigenvalue weighted by atomic mass is 9.85. The molecule has 1 amide bonds. The van der Waals surface area contributed by atoms with Crippen LogP contribution in [0.15, 0.2) is 12.1 Å². The van der Waals surface area contributed by atoms with Gasteiger partial charge in [-0.05, 0) is 37.8 Å². The normalized spacial score (nSPS) is 15.4. The highest BCUT2D eigenvalue weighted by molar-refractivity contribution is 5.95. The topological polar surface area (TPSA) is 55.1 Å².